The predicted molar refractivity (Wildman–Crippen MR) is 98.1 cm³/mol. The molecule has 2 N–H and O–H groups in total. The lowest BCUT2D eigenvalue weighted by Crippen LogP contribution is -2.37. The minimum atomic E-state index is 0.0746. The number of anilines is 1. The average molecular weight is 316 g/mol. The summed E-state index contributed by atoms with van der Waals surface area (Å²) in [7, 11) is 0. The van der Waals surface area contributed by atoms with Crippen LogP contribution in [0.1, 0.15) is 82.8 Å². The van der Waals surface area contributed by atoms with E-state index in [1.807, 2.05) is 0 Å². The number of carbonyl (C=O) groups excluding carboxylic acids is 1. The molecule has 1 aromatic rings. The molecule has 1 amide bonds. The van der Waals surface area contributed by atoms with E-state index in [4.69, 9.17) is 0 Å². The Labute approximate surface area is 141 Å². The van der Waals surface area contributed by atoms with Crippen molar-refractivity contribution < 1.29 is 4.79 Å². The van der Waals surface area contributed by atoms with Gasteiger partial charge in [0.05, 0.1) is 6.54 Å². The molecule has 0 aliphatic heterocycles. The topological polar surface area (TPSA) is 41.1 Å². The van der Waals surface area contributed by atoms with Crippen molar-refractivity contribution in [1.82, 2.24) is 5.32 Å². The number of rotatable bonds is 6. The monoisotopic (exact) mass is 316 g/mol. The van der Waals surface area contributed by atoms with Gasteiger partial charge < -0.3 is 10.6 Å². The molecular formula is C20H32N2O. The summed E-state index contributed by atoms with van der Waals surface area (Å²) in [6, 6.07) is 6.86. The van der Waals surface area contributed by atoms with E-state index in [-0.39, 0.29) is 5.91 Å². The highest BCUT2D eigenvalue weighted by Crippen LogP contribution is 2.32. The van der Waals surface area contributed by atoms with Gasteiger partial charge in [-0.05, 0) is 35.8 Å². The highest BCUT2D eigenvalue weighted by Gasteiger charge is 2.17. The zero-order valence-corrected chi connectivity index (χ0v) is 15.1. The van der Waals surface area contributed by atoms with Gasteiger partial charge in [0, 0.05) is 11.7 Å². The van der Waals surface area contributed by atoms with Crippen molar-refractivity contribution in [2.45, 2.75) is 77.7 Å². The van der Waals surface area contributed by atoms with Crippen molar-refractivity contribution in [3.8, 4) is 0 Å². The van der Waals surface area contributed by atoms with Crippen LogP contribution in [0.3, 0.4) is 0 Å². The van der Waals surface area contributed by atoms with E-state index in [9.17, 15) is 4.79 Å². The Morgan fingerprint density at radius 1 is 1.04 bits per heavy atom. The van der Waals surface area contributed by atoms with Crippen LogP contribution in [-0.4, -0.2) is 18.5 Å². The summed E-state index contributed by atoms with van der Waals surface area (Å²) in [6.07, 6.45) is 6.31. The molecule has 128 valence electrons. The predicted octanol–water partition coefficient (Wildman–Crippen LogP) is 4.79. The molecule has 3 heteroatoms. The summed E-state index contributed by atoms with van der Waals surface area (Å²) in [5.74, 6) is 0.871. The molecule has 0 spiro atoms. The number of hydrogen-bond acceptors (Lipinski definition) is 2. The van der Waals surface area contributed by atoms with Gasteiger partial charge in [-0.3, -0.25) is 4.79 Å². The third-order valence-corrected chi connectivity index (χ3v) is 4.79. The van der Waals surface area contributed by atoms with Crippen LogP contribution < -0.4 is 10.6 Å². The summed E-state index contributed by atoms with van der Waals surface area (Å²) in [4.78, 5) is 12.4. The summed E-state index contributed by atoms with van der Waals surface area (Å²) in [6.45, 7) is 9.12. The second kappa shape index (κ2) is 8.49. The number of amides is 1. The first-order valence-corrected chi connectivity index (χ1v) is 9.15. The number of hydrogen-bond donors (Lipinski definition) is 2. The van der Waals surface area contributed by atoms with E-state index >= 15 is 0 Å². The van der Waals surface area contributed by atoms with Crippen molar-refractivity contribution in [1.29, 1.82) is 0 Å². The Morgan fingerprint density at radius 2 is 1.61 bits per heavy atom. The molecule has 0 unspecified atom stereocenters. The van der Waals surface area contributed by atoms with Crippen molar-refractivity contribution in [3.05, 3.63) is 29.3 Å². The minimum absolute atomic E-state index is 0.0746. The fourth-order valence-electron chi connectivity index (χ4n) is 3.42. The van der Waals surface area contributed by atoms with E-state index in [2.05, 4.69) is 56.5 Å². The lowest BCUT2D eigenvalue weighted by Gasteiger charge is -2.23. The summed E-state index contributed by atoms with van der Waals surface area (Å²) in [5, 5.41) is 6.61. The average Bonchev–Trinajstić information content (AvgIpc) is 2.53. The largest absolute Gasteiger partial charge is 0.324 e. The van der Waals surface area contributed by atoms with Crippen molar-refractivity contribution in [2.24, 2.45) is 0 Å². The molecule has 2 rings (SSSR count). The number of para-hydroxylation sites is 1. The van der Waals surface area contributed by atoms with Crippen LogP contribution in [0.25, 0.3) is 0 Å². The molecule has 0 radical (unpaired) electrons. The van der Waals surface area contributed by atoms with Crippen LogP contribution in [0.15, 0.2) is 18.2 Å². The molecule has 3 nitrogen and oxygen atoms in total. The lowest BCUT2D eigenvalue weighted by molar-refractivity contribution is -0.115. The van der Waals surface area contributed by atoms with E-state index in [1.165, 1.54) is 43.2 Å². The highest BCUT2D eigenvalue weighted by molar-refractivity contribution is 5.94. The third-order valence-electron chi connectivity index (χ3n) is 4.79. The minimum Gasteiger partial charge on any atom is -0.324 e. The molecule has 23 heavy (non-hydrogen) atoms. The van der Waals surface area contributed by atoms with E-state index in [1.54, 1.807) is 0 Å². The van der Waals surface area contributed by atoms with Crippen molar-refractivity contribution in [2.75, 3.05) is 11.9 Å². The van der Waals surface area contributed by atoms with Gasteiger partial charge in [0.15, 0.2) is 0 Å². The zero-order chi connectivity index (χ0) is 16.8. The van der Waals surface area contributed by atoms with Crippen LogP contribution in [0, 0.1) is 0 Å². The second-order valence-electron chi connectivity index (χ2n) is 7.38. The van der Waals surface area contributed by atoms with Gasteiger partial charge in [-0.15, -0.1) is 0 Å². The molecule has 0 bridgehead atoms. The van der Waals surface area contributed by atoms with Crippen LogP contribution in [0.5, 0.6) is 0 Å². The normalized spacial score (nSPS) is 16.1. The molecule has 1 saturated carbocycles. The third kappa shape index (κ3) is 5.07. The fourth-order valence-corrected chi connectivity index (χ4v) is 3.42. The first-order chi connectivity index (χ1) is 11.0. The van der Waals surface area contributed by atoms with Gasteiger partial charge in [0.25, 0.3) is 0 Å². The molecule has 0 heterocycles. The lowest BCUT2D eigenvalue weighted by atomic mass is 9.92. The Hall–Kier alpha value is -1.35. The van der Waals surface area contributed by atoms with Crippen LogP contribution in [-0.2, 0) is 4.79 Å². The standard InChI is InChI=1S/C20H32N2O/c1-14(2)17-11-8-12-18(15(3)4)20(17)22-19(23)13-21-16-9-6-5-7-10-16/h8,11-12,14-16,21H,5-7,9-10,13H2,1-4H3,(H,22,23). The van der Waals surface area contributed by atoms with E-state index in [0.717, 1.165) is 5.69 Å². The van der Waals surface area contributed by atoms with Gasteiger partial charge in [-0.1, -0.05) is 65.2 Å². The number of nitrogens with one attached hydrogen (secondary N) is 2. The SMILES string of the molecule is CC(C)c1cccc(C(C)C)c1NC(=O)CNC1CCCCC1. The van der Waals surface area contributed by atoms with Crippen LogP contribution >= 0.6 is 0 Å². The molecule has 1 aromatic carbocycles. The first kappa shape index (κ1) is 18.0. The van der Waals surface area contributed by atoms with Gasteiger partial charge in [0.1, 0.15) is 0 Å². The maximum atomic E-state index is 12.4. The quantitative estimate of drug-likeness (QED) is 0.792. The Bertz CT molecular complexity index is 490. The van der Waals surface area contributed by atoms with Crippen molar-refractivity contribution in [3.63, 3.8) is 0 Å². The maximum absolute atomic E-state index is 12.4. The Balaban J connectivity index is 2.03. The number of carbonyl (C=O) groups is 1. The second-order valence-corrected chi connectivity index (χ2v) is 7.38. The summed E-state index contributed by atoms with van der Waals surface area (Å²) < 4.78 is 0. The molecule has 1 fully saturated rings. The molecule has 0 atom stereocenters. The van der Waals surface area contributed by atoms with Gasteiger partial charge in [-0.2, -0.15) is 0 Å². The highest BCUT2D eigenvalue weighted by atomic mass is 16.1. The number of benzene rings is 1. The Kier molecular flexibility index (Phi) is 6.64. The van der Waals surface area contributed by atoms with Crippen LogP contribution in [0.2, 0.25) is 0 Å². The zero-order valence-electron chi connectivity index (χ0n) is 15.1. The molecule has 0 aromatic heterocycles. The maximum Gasteiger partial charge on any atom is 0.238 e. The van der Waals surface area contributed by atoms with Crippen molar-refractivity contribution >= 4 is 11.6 Å². The smallest absolute Gasteiger partial charge is 0.238 e. The fraction of sp³-hybridized carbons (Fsp3) is 0.650. The van der Waals surface area contributed by atoms with E-state index in [0.29, 0.717) is 24.4 Å². The summed E-state index contributed by atoms with van der Waals surface area (Å²) in [5.41, 5.74) is 3.47. The van der Waals surface area contributed by atoms with Gasteiger partial charge in [-0.25, -0.2) is 0 Å². The molecule has 1 aliphatic carbocycles. The first-order valence-electron chi connectivity index (χ1n) is 9.15. The molecular weight excluding hydrogens is 284 g/mol. The van der Waals surface area contributed by atoms with Crippen LogP contribution in [0.4, 0.5) is 5.69 Å². The Morgan fingerprint density at radius 3 is 2.13 bits per heavy atom. The molecule has 0 saturated heterocycles. The van der Waals surface area contributed by atoms with Gasteiger partial charge in [0.2, 0.25) is 5.91 Å². The van der Waals surface area contributed by atoms with E-state index < -0.39 is 0 Å². The molecule has 1 aliphatic rings. The summed E-state index contributed by atoms with van der Waals surface area (Å²) >= 11 is 0. The van der Waals surface area contributed by atoms with Gasteiger partial charge >= 0.3 is 0 Å².